The quantitative estimate of drug-likeness (QED) is 0.872. The Balaban J connectivity index is 2.52. The summed E-state index contributed by atoms with van der Waals surface area (Å²) in [6, 6.07) is 5.65. The number of ether oxygens (including phenoxy) is 2. The maximum Gasteiger partial charge on any atom is 0.170 e. The van der Waals surface area contributed by atoms with E-state index < -0.39 is 0 Å². The summed E-state index contributed by atoms with van der Waals surface area (Å²) in [6.07, 6.45) is 1.67. The molecule has 0 bridgehead atoms. The third kappa shape index (κ3) is 2.30. The fraction of sp³-hybridized carbons (Fsp3) is 0.167. The molecule has 2 aromatic rings. The van der Waals surface area contributed by atoms with Gasteiger partial charge in [0.2, 0.25) is 0 Å². The van der Waals surface area contributed by atoms with E-state index in [1.165, 1.54) is 11.3 Å². The summed E-state index contributed by atoms with van der Waals surface area (Å²) in [6.45, 7) is 0. The lowest BCUT2D eigenvalue weighted by atomic mass is 10.2. The molecule has 0 amide bonds. The smallest absolute Gasteiger partial charge is 0.170 e. The number of thiazole rings is 1. The second-order valence-corrected chi connectivity index (χ2v) is 4.91. The summed E-state index contributed by atoms with van der Waals surface area (Å²) in [7, 11) is 3.20. The van der Waals surface area contributed by atoms with Crippen LogP contribution in [-0.2, 0) is 0 Å². The standard InChI is InChI=1S/C12H12N2O2S2/c1-15-8-5-3-4-7(10(8)16-2)12-14-6-9(18-12)11(13)17/h3-6H,1-2H3,(H2,13,17). The normalized spacial score (nSPS) is 10.1. The first kappa shape index (κ1) is 12.8. The summed E-state index contributed by atoms with van der Waals surface area (Å²) >= 11 is 6.36. The van der Waals surface area contributed by atoms with Gasteiger partial charge < -0.3 is 15.2 Å². The van der Waals surface area contributed by atoms with Crippen LogP contribution in [0.5, 0.6) is 11.5 Å². The van der Waals surface area contributed by atoms with Gasteiger partial charge in [0.25, 0.3) is 0 Å². The van der Waals surface area contributed by atoms with Gasteiger partial charge in [-0.15, -0.1) is 11.3 Å². The van der Waals surface area contributed by atoms with Gasteiger partial charge in [-0.3, -0.25) is 0 Å². The van der Waals surface area contributed by atoms with Crippen LogP contribution in [0.2, 0.25) is 0 Å². The molecule has 0 fully saturated rings. The molecule has 94 valence electrons. The monoisotopic (exact) mass is 280 g/mol. The average molecular weight is 280 g/mol. The van der Waals surface area contributed by atoms with Crippen LogP contribution in [-0.4, -0.2) is 24.2 Å². The van der Waals surface area contributed by atoms with E-state index in [4.69, 9.17) is 27.4 Å². The minimum Gasteiger partial charge on any atom is -0.493 e. The molecule has 1 aromatic carbocycles. The van der Waals surface area contributed by atoms with Crippen LogP contribution in [0.25, 0.3) is 10.6 Å². The molecule has 2 rings (SSSR count). The third-order valence-corrected chi connectivity index (χ3v) is 3.79. The van der Waals surface area contributed by atoms with E-state index in [9.17, 15) is 0 Å². The molecule has 0 saturated carbocycles. The lowest BCUT2D eigenvalue weighted by Crippen LogP contribution is -2.06. The molecule has 18 heavy (non-hydrogen) atoms. The molecule has 0 radical (unpaired) electrons. The fourth-order valence-electron chi connectivity index (χ4n) is 1.57. The van der Waals surface area contributed by atoms with Crippen molar-refractivity contribution in [2.75, 3.05) is 14.2 Å². The first-order chi connectivity index (χ1) is 8.67. The van der Waals surface area contributed by atoms with Crippen molar-refractivity contribution in [1.29, 1.82) is 0 Å². The Bertz CT molecular complexity index is 581. The molecule has 0 aliphatic rings. The maximum atomic E-state index is 5.58. The number of hydrogen-bond donors (Lipinski definition) is 1. The second-order valence-electron chi connectivity index (χ2n) is 3.43. The Hall–Kier alpha value is -1.66. The Morgan fingerprint density at radius 1 is 1.33 bits per heavy atom. The number of methoxy groups -OCH3 is 2. The van der Waals surface area contributed by atoms with E-state index >= 15 is 0 Å². The van der Waals surface area contributed by atoms with Crippen LogP contribution < -0.4 is 15.2 Å². The minimum absolute atomic E-state index is 0.348. The Morgan fingerprint density at radius 2 is 2.11 bits per heavy atom. The molecule has 1 heterocycles. The van der Waals surface area contributed by atoms with Crippen molar-refractivity contribution in [3.63, 3.8) is 0 Å². The Kier molecular flexibility index (Phi) is 3.78. The van der Waals surface area contributed by atoms with Crippen molar-refractivity contribution >= 4 is 28.5 Å². The summed E-state index contributed by atoms with van der Waals surface area (Å²) in [5.41, 5.74) is 6.44. The zero-order chi connectivity index (χ0) is 13.1. The van der Waals surface area contributed by atoms with Crippen LogP contribution in [0, 0.1) is 0 Å². The van der Waals surface area contributed by atoms with Gasteiger partial charge in [0.1, 0.15) is 10.00 Å². The molecule has 0 atom stereocenters. The fourth-order valence-corrected chi connectivity index (χ4v) is 2.54. The zero-order valence-corrected chi connectivity index (χ0v) is 11.6. The maximum absolute atomic E-state index is 5.58. The van der Waals surface area contributed by atoms with Crippen molar-refractivity contribution in [1.82, 2.24) is 4.98 Å². The number of rotatable bonds is 4. The van der Waals surface area contributed by atoms with Gasteiger partial charge in [-0.1, -0.05) is 18.3 Å². The number of para-hydroxylation sites is 1. The SMILES string of the molecule is COc1cccc(-c2ncc(C(N)=S)s2)c1OC. The number of aromatic nitrogens is 1. The molecule has 0 aliphatic carbocycles. The molecule has 4 nitrogen and oxygen atoms in total. The summed E-state index contributed by atoms with van der Waals surface area (Å²) < 4.78 is 10.6. The predicted molar refractivity (Wildman–Crippen MR) is 76.5 cm³/mol. The van der Waals surface area contributed by atoms with Crippen LogP contribution in [0.4, 0.5) is 0 Å². The van der Waals surface area contributed by atoms with E-state index in [1.54, 1.807) is 20.4 Å². The van der Waals surface area contributed by atoms with Crippen LogP contribution in [0.3, 0.4) is 0 Å². The Labute approximate surface area is 114 Å². The van der Waals surface area contributed by atoms with Crippen molar-refractivity contribution in [2.24, 2.45) is 5.73 Å². The summed E-state index contributed by atoms with van der Waals surface area (Å²) in [5.74, 6) is 1.32. The lowest BCUT2D eigenvalue weighted by molar-refractivity contribution is 0.356. The molecule has 0 unspecified atom stereocenters. The molecule has 1 aromatic heterocycles. The molecule has 2 N–H and O–H groups in total. The van der Waals surface area contributed by atoms with Crippen LogP contribution in [0.15, 0.2) is 24.4 Å². The highest BCUT2D eigenvalue weighted by molar-refractivity contribution is 7.81. The van der Waals surface area contributed by atoms with E-state index in [2.05, 4.69) is 4.98 Å². The largest absolute Gasteiger partial charge is 0.493 e. The van der Waals surface area contributed by atoms with Crippen LogP contribution >= 0.6 is 23.6 Å². The minimum atomic E-state index is 0.348. The molecule has 6 heteroatoms. The van der Waals surface area contributed by atoms with Gasteiger partial charge in [-0.2, -0.15) is 0 Å². The highest BCUT2D eigenvalue weighted by Crippen LogP contribution is 2.39. The third-order valence-electron chi connectivity index (χ3n) is 2.38. The highest BCUT2D eigenvalue weighted by Gasteiger charge is 2.14. The second kappa shape index (κ2) is 5.32. The van der Waals surface area contributed by atoms with Gasteiger partial charge >= 0.3 is 0 Å². The molecular formula is C12H12N2O2S2. The molecule has 0 saturated heterocycles. The number of hydrogen-bond acceptors (Lipinski definition) is 5. The van der Waals surface area contributed by atoms with Crippen molar-refractivity contribution < 1.29 is 9.47 Å². The van der Waals surface area contributed by atoms with Gasteiger partial charge in [0, 0.05) is 6.20 Å². The Morgan fingerprint density at radius 3 is 2.67 bits per heavy atom. The predicted octanol–water partition coefficient (Wildman–Crippen LogP) is 2.46. The first-order valence-electron chi connectivity index (χ1n) is 5.14. The highest BCUT2D eigenvalue weighted by atomic mass is 32.1. The lowest BCUT2D eigenvalue weighted by Gasteiger charge is -2.10. The van der Waals surface area contributed by atoms with E-state index in [0.29, 0.717) is 16.5 Å². The van der Waals surface area contributed by atoms with Gasteiger partial charge in [-0.25, -0.2) is 4.98 Å². The molecular weight excluding hydrogens is 268 g/mol. The van der Waals surface area contributed by atoms with E-state index in [-0.39, 0.29) is 0 Å². The van der Waals surface area contributed by atoms with Crippen molar-refractivity contribution in [2.45, 2.75) is 0 Å². The van der Waals surface area contributed by atoms with Gasteiger partial charge in [0.05, 0.1) is 24.7 Å². The topological polar surface area (TPSA) is 57.4 Å². The van der Waals surface area contributed by atoms with Gasteiger partial charge in [-0.05, 0) is 12.1 Å². The summed E-state index contributed by atoms with van der Waals surface area (Å²) in [4.78, 5) is 5.44. The number of benzene rings is 1. The summed E-state index contributed by atoms with van der Waals surface area (Å²) in [5, 5.41) is 0.800. The molecule has 0 aliphatic heterocycles. The number of nitrogens with two attached hydrogens (primary N) is 1. The average Bonchev–Trinajstić information content (AvgIpc) is 2.87. The molecule has 0 spiro atoms. The van der Waals surface area contributed by atoms with E-state index in [1.807, 2.05) is 18.2 Å². The number of nitrogens with zero attached hydrogens (tertiary/aromatic N) is 1. The zero-order valence-electron chi connectivity index (χ0n) is 9.97. The van der Waals surface area contributed by atoms with Crippen molar-refractivity contribution in [3.05, 3.63) is 29.3 Å². The van der Waals surface area contributed by atoms with E-state index in [0.717, 1.165) is 15.4 Å². The number of thiocarbonyl (C=S) groups is 1. The van der Waals surface area contributed by atoms with Crippen molar-refractivity contribution in [3.8, 4) is 22.1 Å². The van der Waals surface area contributed by atoms with Gasteiger partial charge in [0.15, 0.2) is 11.5 Å². The first-order valence-corrected chi connectivity index (χ1v) is 6.37. The van der Waals surface area contributed by atoms with Crippen LogP contribution in [0.1, 0.15) is 4.88 Å².